The molecular formula is C22H28N2O. The van der Waals surface area contributed by atoms with Gasteiger partial charge in [0.05, 0.1) is 6.61 Å². The molecule has 0 amide bonds. The highest BCUT2D eigenvalue weighted by atomic mass is 16.5. The van der Waals surface area contributed by atoms with E-state index in [1.807, 2.05) is 0 Å². The van der Waals surface area contributed by atoms with Gasteiger partial charge in [-0.05, 0) is 54.6 Å². The Morgan fingerprint density at radius 2 is 1.88 bits per heavy atom. The lowest BCUT2D eigenvalue weighted by Crippen LogP contribution is -2.33. The molecule has 132 valence electrons. The average molecular weight is 336 g/mol. The SMILES string of the molecule is c1ccc2c(c1)CCN(Cc1ccc(OCC3CCCNC3)cc1)C2. The zero-order chi connectivity index (χ0) is 16.9. The van der Waals surface area contributed by atoms with Crippen LogP contribution in [0.25, 0.3) is 0 Å². The van der Waals surface area contributed by atoms with Crippen LogP contribution in [0.3, 0.4) is 0 Å². The number of fused-ring (bicyclic) bond motifs is 1. The monoisotopic (exact) mass is 336 g/mol. The first-order valence-corrected chi connectivity index (χ1v) is 9.58. The molecule has 0 saturated carbocycles. The van der Waals surface area contributed by atoms with E-state index in [0.29, 0.717) is 5.92 Å². The summed E-state index contributed by atoms with van der Waals surface area (Å²) in [6, 6.07) is 17.5. The minimum absolute atomic E-state index is 0.654. The summed E-state index contributed by atoms with van der Waals surface area (Å²) in [6.07, 6.45) is 3.71. The van der Waals surface area contributed by atoms with Gasteiger partial charge in [0.1, 0.15) is 5.75 Å². The third-order valence-corrected chi connectivity index (χ3v) is 5.42. The van der Waals surface area contributed by atoms with Crippen molar-refractivity contribution in [3.05, 3.63) is 65.2 Å². The van der Waals surface area contributed by atoms with E-state index < -0.39 is 0 Å². The van der Waals surface area contributed by atoms with Crippen molar-refractivity contribution in [2.75, 3.05) is 26.2 Å². The molecule has 25 heavy (non-hydrogen) atoms. The summed E-state index contributed by atoms with van der Waals surface area (Å²) in [5, 5.41) is 3.45. The van der Waals surface area contributed by atoms with Crippen molar-refractivity contribution in [1.29, 1.82) is 0 Å². The molecule has 2 aliphatic heterocycles. The van der Waals surface area contributed by atoms with Crippen LogP contribution >= 0.6 is 0 Å². The Labute approximate surface area is 151 Å². The number of hydrogen-bond donors (Lipinski definition) is 1. The zero-order valence-corrected chi connectivity index (χ0v) is 14.9. The highest BCUT2D eigenvalue weighted by molar-refractivity contribution is 5.30. The van der Waals surface area contributed by atoms with Crippen molar-refractivity contribution in [1.82, 2.24) is 10.2 Å². The Hall–Kier alpha value is -1.84. The second-order valence-electron chi connectivity index (χ2n) is 7.40. The van der Waals surface area contributed by atoms with Gasteiger partial charge in [0, 0.05) is 32.1 Å². The number of nitrogens with zero attached hydrogens (tertiary/aromatic N) is 1. The maximum atomic E-state index is 5.98. The van der Waals surface area contributed by atoms with Gasteiger partial charge in [-0.1, -0.05) is 36.4 Å². The third kappa shape index (κ3) is 4.42. The molecule has 1 N–H and O–H groups in total. The molecule has 1 saturated heterocycles. The van der Waals surface area contributed by atoms with E-state index in [1.54, 1.807) is 0 Å². The van der Waals surface area contributed by atoms with E-state index in [4.69, 9.17) is 4.74 Å². The third-order valence-electron chi connectivity index (χ3n) is 5.42. The van der Waals surface area contributed by atoms with Gasteiger partial charge < -0.3 is 10.1 Å². The van der Waals surface area contributed by atoms with Crippen molar-refractivity contribution in [2.24, 2.45) is 5.92 Å². The van der Waals surface area contributed by atoms with Crippen molar-refractivity contribution < 1.29 is 4.74 Å². The van der Waals surface area contributed by atoms with Crippen LogP contribution in [0.1, 0.15) is 29.5 Å². The molecule has 0 radical (unpaired) electrons. The van der Waals surface area contributed by atoms with Crippen LogP contribution in [0.5, 0.6) is 5.75 Å². The molecule has 3 nitrogen and oxygen atoms in total. The Morgan fingerprint density at radius 1 is 1.04 bits per heavy atom. The molecule has 2 aromatic rings. The van der Waals surface area contributed by atoms with Crippen molar-refractivity contribution in [2.45, 2.75) is 32.4 Å². The largest absolute Gasteiger partial charge is 0.493 e. The van der Waals surface area contributed by atoms with Gasteiger partial charge in [-0.15, -0.1) is 0 Å². The van der Waals surface area contributed by atoms with Crippen LogP contribution in [0.15, 0.2) is 48.5 Å². The molecule has 0 aliphatic carbocycles. The summed E-state index contributed by atoms with van der Waals surface area (Å²) in [4.78, 5) is 2.53. The first kappa shape index (κ1) is 16.6. The number of nitrogens with one attached hydrogen (secondary N) is 1. The molecule has 0 bridgehead atoms. The Bertz CT molecular complexity index is 677. The number of benzene rings is 2. The quantitative estimate of drug-likeness (QED) is 0.902. The average Bonchev–Trinajstić information content (AvgIpc) is 2.68. The number of hydrogen-bond acceptors (Lipinski definition) is 3. The summed E-state index contributed by atoms with van der Waals surface area (Å²) < 4.78 is 5.98. The van der Waals surface area contributed by atoms with Gasteiger partial charge in [-0.25, -0.2) is 0 Å². The Morgan fingerprint density at radius 3 is 2.68 bits per heavy atom. The van der Waals surface area contributed by atoms with Gasteiger partial charge in [0.15, 0.2) is 0 Å². The molecule has 0 aromatic heterocycles. The second-order valence-corrected chi connectivity index (χ2v) is 7.40. The summed E-state index contributed by atoms with van der Waals surface area (Å²) in [7, 11) is 0. The summed E-state index contributed by atoms with van der Waals surface area (Å²) >= 11 is 0. The van der Waals surface area contributed by atoms with Crippen LogP contribution < -0.4 is 10.1 Å². The first-order valence-electron chi connectivity index (χ1n) is 9.58. The maximum Gasteiger partial charge on any atom is 0.119 e. The van der Waals surface area contributed by atoms with E-state index in [2.05, 4.69) is 58.7 Å². The zero-order valence-electron chi connectivity index (χ0n) is 14.9. The molecule has 3 heteroatoms. The van der Waals surface area contributed by atoms with E-state index in [9.17, 15) is 0 Å². The van der Waals surface area contributed by atoms with Gasteiger partial charge in [0.2, 0.25) is 0 Å². The molecule has 2 aromatic carbocycles. The van der Waals surface area contributed by atoms with Crippen LogP contribution in [0.2, 0.25) is 0 Å². The van der Waals surface area contributed by atoms with E-state index in [1.165, 1.54) is 29.5 Å². The molecule has 1 fully saturated rings. The fourth-order valence-corrected chi connectivity index (χ4v) is 3.92. The first-order chi connectivity index (χ1) is 12.4. The van der Waals surface area contributed by atoms with Gasteiger partial charge in [0.25, 0.3) is 0 Å². The number of piperidine rings is 1. The molecule has 1 atom stereocenters. The highest BCUT2D eigenvalue weighted by Crippen LogP contribution is 2.21. The fraction of sp³-hybridized carbons (Fsp3) is 0.455. The van der Waals surface area contributed by atoms with Crippen LogP contribution in [0.4, 0.5) is 0 Å². The highest BCUT2D eigenvalue weighted by Gasteiger charge is 2.16. The second kappa shape index (κ2) is 8.03. The molecule has 2 aliphatic rings. The van der Waals surface area contributed by atoms with Gasteiger partial charge >= 0.3 is 0 Å². The Balaban J connectivity index is 1.29. The normalized spacial score (nSPS) is 20.9. The summed E-state index contributed by atoms with van der Waals surface area (Å²) in [6.45, 7) is 6.30. The van der Waals surface area contributed by atoms with E-state index >= 15 is 0 Å². The maximum absolute atomic E-state index is 5.98. The predicted molar refractivity (Wildman–Crippen MR) is 102 cm³/mol. The van der Waals surface area contributed by atoms with Crippen molar-refractivity contribution in [3.63, 3.8) is 0 Å². The number of rotatable bonds is 5. The van der Waals surface area contributed by atoms with Crippen LogP contribution in [-0.4, -0.2) is 31.1 Å². The molecule has 2 heterocycles. The van der Waals surface area contributed by atoms with Crippen LogP contribution in [-0.2, 0) is 19.5 Å². The van der Waals surface area contributed by atoms with Gasteiger partial charge in [-0.3, -0.25) is 4.90 Å². The molecule has 4 rings (SSSR count). The smallest absolute Gasteiger partial charge is 0.119 e. The van der Waals surface area contributed by atoms with E-state index in [-0.39, 0.29) is 0 Å². The summed E-state index contributed by atoms with van der Waals surface area (Å²) in [5.74, 6) is 1.65. The minimum Gasteiger partial charge on any atom is -0.493 e. The fourth-order valence-electron chi connectivity index (χ4n) is 3.92. The lowest BCUT2D eigenvalue weighted by atomic mass is 9.99. The molecular weight excluding hydrogens is 308 g/mol. The van der Waals surface area contributed by atoms with Crippen molar-refractivity contribution in [3.8, 4) is 5.75 Å². The number of ether oxygens (including phenoxy) is 1. The topological polar surface area (TPSA) is 24.5 Å². The van der Waals surface area contributed by atoms with Crippen LogP contribution in [0, 0.1) is 5.92 Å². The summed E-state index contributed by atoms with van der Waals surface area (Å²) in [5.41, 5.74) is 4.36. The molecule has 0 spiro atoms. The lowest BCUT2D eigenvalue weighted by Gasteiger charge is -2.28. The predicted octanol–water partition coefficient (Wildman–Crippen LogP) is 3.62. The standard InChI is InChI=1S/C22H28N2O/c1-2-6-21-16-24(13-11-20(21)5-1)15-18-7-9-22(10-8-18)25-17-19-4-3-12-23-14-19/h1-2,5-10,19,23H,3-4,11-17H2. The molecule has 1 unspecified atom stereocenters. The van der Waals surface area contributed by atoms with Gasteiger partial charge in [-0.2, -0.15) is 0 Å². The van der Waals surface area contributed by atoms with Crippen molar-refractivity contribution >= 4 is 0 Å². The minimum atomic E-state index is 0.654. The Kier molecular flexibility index (Phi) is 5.34. The lowest BCUT2D eigenvalue weighted by molar-refractivity contribution is 0.218. The van der Waals surface area contributed by atoms with E-state index in [0.717, 1.165) is 51.5 Å².